The van der Waals surface area contributed by atoms with Crippen LogP contribution in [0.1, 0.15) is 39.7 Å². The Morgan fingerprint density at radius 1 is 1.31 bits per heavy atom. The van der Waals surface area contributed by atoms with Gasteiger partial charge in [0, 0.05) is 42.8 Å². The number of hydrogen-bond acceptors (Lipinski definition) is 4. The number of fused-ring (bicyclic) bond motifs is 1. The monoisotopic (exact) mass is 374 g/mol. The van der Waals surface area contributed by atoms with Gasteiger partial charge in [0.25, 0.3) is 0 Å². The molecule has 1 aliphatic heterocycles. The number of halogens is 1. The van der Waals surface area contributed by atoms with Gasteiger partial charge in [-0.05, 0) is 43.5 Å². The summed E-state index contributed by atoms with van der Waals surface area (Å²) >= 11 is 6.12. The average molecular weight is 375 g/mol. The Hall–Kier alpha value is -1.65. The number of pyridine rings is 1. The molecule has 2 heterocycles. The Bertz CT molecular complexity index is 749. The van der Waals surface area contributed by atoms with Crippen LogP contribution in [-0.2, 0) is 0 Å². The molecule has 0 amide bonds. The summed E-state index contributed by atoms with van der Waals surface area (Å²) in [6.45, 7) is 14.5. The number of nitrogens with one attached hydrogen (secondary N) is 1. The van der Waals surface area contributed by atoms with E-state index in [1.54, 1.807) is 0 Å². The largest absolute Gasteiger partial charge is 0.352 e. The Labute approximate surface area is 162 Å². The van der Waals surface area contributed by atoms with Crippen molar-refractivity contribution in [2.24, 2.45) is 10.9 Å². The van der Waals surface area contributed by atoms with E-state index in [4.69, 9.17) is 16.6 Å². The van der Waals surface area contributed by atoms with Crippen LogP contribution < -0.4 is 10.2 Å². The number of aromatic nitrogens is 1. The first-order valence-electron chi connectivity index (χ1n) is 9.52. The van der Waals surface area contributed by atoms with Gasteiger partial charge in [0.1, 0.15) is 5.69 Å². The van der Waals surface area contributed by atoms with Gasteiger partial charge in [0.2, 0.25) is 0 Å². The maximum absolute atomic E-state index is 6.12. The van der Waals surface area contributed by atoms with Gasteiger partial charge in [-0.15, -0.1) is 0 Å². The first kappa shape index (κ1) is 20.7. The molecule has 1 aromatic carbocycles. The molecule has 2 aromatic rings. The quantitative estimate of drug-likeness (QED) is 0.733. The van der Waals surface area contributed by atoms with Crippen molar-refractivity contribution < 1.29 is 0 Å². The van der Waals surface area contributed by atoms with Gasteiger partial charge in [-0.1, -0.05) is 38.8 Å². The highest BCUT2D eigenvalue weighted by atomic mass is 35.5. The maximum atomic E-state index is 6.12. The lowest BCUT2D eigenvalue weighted by molar-refractivity contribution is 0.586. The fourth-order valence-electron chi connectivity index (χ4n) is 2.75. The molecule has 0 aliphatic carbocycles. The van der Waals surface area contributed by atoms with Crippen LogP contribution >= 0.6 is 11.6 Å². The number of anilines is 1. The third kappa shape index (κ3) is 5.18. The molecule has 142 valence electrons. The van der Waals surface area contributed by atoms with Crippen molar-refractivity contribution >= 4 is 40.2 Å². The number of hydrogen-bond donors (Lipinski definition) is 1. The minimum absolute atomic E-state index is 0.730. The van der Waals surface area contributed by atoms with E-state index in [1.165, 1.54) is 6.42 Å². The van der Waals surface area contributed by atoms with Crippen LogP contribution in [-0.4, -0.2) is 37.4 Å². The average Bonchev–Trinajstić information content (AvgIpc) is 2.65. The van der Waals surface area contributed by atoms with E-state index in [9.17, 15) is 0 Å². The summed E-state index contributed by atoms with van der Waals surface area (Å²) in [6, 6.07) is 5.84. The third-order valence-electron chi connectivity index (χ3n) is 4.65. The zero-order valence-corrected chi connectivity index (χ0v) is 17.4. The SMILES string of the molecule is CC=Nc1c(N2CCNCC2)nc2ccc(Cl)cc2c1C.CCC(C)C. The van der Waals surface area contributed by atoms with Crippen molar-refractivity contribution in [2.75, 3.05) is 31.1 Å². The van der Waals surface area contributed by atoms with Crippen LogP contribution in [0.4, 0.5) is 11.5 Å². The third-order valence-corrected chi connectivity index (χ3v) is 4.88. The van der Waals surface area contributed by atoms with Crippen LogP contribution in [0.5, 0.6) is 0 Å². The zero-order valence-electron chi connectivity index (χ0n) is 16.6. The van der Waals surface area contributed by atoms with Crippen LogP contribution in [0.3, 0.4) is 0 Å². The lowest BCUT2D eigenvalue weighted by Crippen LogP contribution is -2.44. The van der Waals surface area contributed by atoms with Crippen LogP contribution in [0, 0.1) is 12.8 Å². The standard InChI is InChI=1S/C16H19ClN4.C5H12/c1-3-19-15-11(2)13-10-12(17)4-5-14(13)20-16(15)21-8-6-18-7-9-21;1-4-5(2)3/h3-5,10,18H,6-9H2,1-2H3;5H,4H2,1-3H3. The fourth-order valence-corrected chi connectivity index (χ4v) is 2.92. The minimum atomic E-state index is 0.730. The molecule has 1 aliphatic rings. The van der Waals surface area contributed by atoms with Crippen molar-refractivity contribution in [2.45, 2.75) is 41.0 Å². The molecule has 1 aromatic heterocycles. The molecule has 1 saturated heterocycles. The van der Waals surface area contributed by atoms with E-state index < -0.39 is 0 Å². The summed E-state index contributed by atoms with van der Waals surface area (Å²) in [6.07, 6.45) is 3.13. The summed E-state index contributed by atoms with van der Waals surface area (Å²) in [4.78, 5) is 11.7. The van der Waals surface area contributed by atoms with E-state index in [-0.39, 0.29) is 0 Å². The second kappa shape index (κ2) is 9.89. The van der Waals surface area contributed by atoms with Gasteiger partial charge in [-0.3, -0.25) is 4.99 Å². The van der Waals surface area contributed by atoms with E-state index >= 15 is 0 Å². The van der Waals surface area contributed by atoms with E-state index in [2.05, 4.69) is 42.9 Å². The van der Waals surface area contributed by atoms with Gasteiger partial charge in [0.15, 0.2) is 5.82 Å². The van der Waals surface area contributed by atoms with Crippen molar-refractivity contribution in [3.63, 3.8) is 0 Å². The predicted octanol–water partition coefficient (Wildman–Crippen LogP) is 5.38. The van der Waals surface area contributed by atoms with Crippen molar-refractivity contribution in [3.8, 4) is 0 Å². The molecule has 0 unspecified atom stereocenters. The van der Waals surface area contributed by atoms with Gasteiger partial charge >= 0.3 is 0 Å². The normalized spacial score (nSPS) is 14.8. The highest BCUT2D eigenvalue weighted by Crippen LogP contribution is 2.36. The van der Waals surface area contributed by atoms with Crippen LogP contribution in [0.25, 0.3) is 10.9 Å². The zero-order chi connectivity index (χ0) is 19.1. The molecule has 3 rings (SSSR count). The first-order chi connectivity index (χ1) is 12.5. The second-order valence-electron chi connectivity index (χ2n) is 7.00. The van der Waals surface area contributed by atoms with Crippen molar-refractivity contribution in [1.82, 2.24) is 10.3 Å². The molecule has 1 N–H and O–H groups in total. The molecule has 1 fully saturated rings. The Morgan fingerprint density at radius 2 is 1.96 bits per heavy atom. The summed E-state index contributed by atoms with van der Waals surface area (Å²) in [5.74, 6) is 1.86. The maximum Gasteiger partial charge on any atom is 0.155 e. The molecule has 26 heavy (non-hydrogen) atoms. The summed E-state index contributed by atoms with van der Waals surface area (Å²) in [5.41, 5.74) is 3.06. The lowest BCUT2D eigenvalue weighted by Gasteiger charge is -2.30. The highest BCUT2D eigenvalue weighted by molar-refractivity contribution is 6.31. The number of aliphatic imine (C=N–C) groups is 1. The van der Waals surface area contributed by atoms with Crippen molar-refractivity contribution in [3.05, 3.63) is 28.8 Å². The molecule has 4 nitrogen and oxygen atoms in total. The van der Waals surface area contributed by atoms with E-state index in [0.717, 1.165) is 65.1 Å². The first-order valence-corrected chi connectivity index (χ1v) is 9.89. The summed E-state index contributed by atoms with van der Waals surface area (Å²) < 4.78 is 0. The smallest absolute Gasteiger partial charge is 0.155 e. The van der Waals surface area contributed by atoms with Crippen molar-refractivity contribution in [1.29, 1.82) is 0 Å². The predicted molar refractivity (Wildman–Crippen MR) is 116 cm³/mol. The molecule has 0 bridgehead atoms. The second-order valence-corrected chi connectivity index (χ2v) is 7.43. The van der Waals surface area contributed by atoms with Gasteiger partial charge in [0.05, 0.1) is 5.52 Å². The van der Waals surface area contributed by atoms with Crippen LogP contribution in [0.2, 0.25) is 5.02 Å². The molecular weight excluding hydrogens is 344 g/mol. The van der Waals surface area contributed by atoms with E-state index in [0.29, 0.717) is 0 Å². The highest BCUT2D eigenvalue weighted by Gasteiger charge is 2.19. The Kier molecular flexibility index (Phi) is 7.85. The molecule has 0 spiro atoms. The number of benzene rings is 1. The Morgan fingerprint density at radius 3 is 2.54 bits per heavy atom. The summed E-state index contributed by atoms with van der Waals surface area (Å²) in [7, 11) is 0. The van der Waals surface area contributed by atoms with Gasteiger partial charge in [-0.2, -0.15) is 0 Å². The molecule has 0 radical (unpaired) electrons. The summed E-state index contributed by atoms with van der Waals surface area (Å²) in [5, 5.41) is 5.17. The van der Waals surface area contributed by atoms with E-state index in [1.807, 2.05) is 31.3 Å². The molecular formula is C21H31ClN4. The number of rotatable bonds is 3. The lowest BCUT2D eigenvalue weighted by atomic mass is 10.1. The molecule has 0 saturated carbocycles. The topological polar surface area (TPSA) is 40.5 Å². The number of nitrogens with zero attached hydrogens (tertiary/aromatic N) is 3. The van der Waals surface area contributed by atoms with Gasteiger partial charge in [-0.25, -0.2) is 4.98 Å². The van der Waals surface area contributed by atoms with Gasteiger partial charge < -0.3 is 10.2 Å². The molecule has 5 heteroatoms. The number of piperazine rings is 1. The number of aryl methyl sites for hydroxylation is 1. The Balaban J connectivity index is 0.000000431. The minimum Gasteiger partial charge on any atom is -0.352 e. The van der Waals surface area contributed by atoms with Crippen LogP contribution in [0.15, 0.2) is 23.2 Å². The fraction of sp³-hybridized carbons (Fsp3) is 0.524. The molecule has 0 atom stereocenters.